The van der Waals surface area contributed by atoms with Crippen molar-refractivity contribution in [2.45, 2.75) is 37.6 Å². The number of nitrogens with two attached hydrogens (primary N) is 1. The Morgan fingerprint density at radius 1 is 1.36 bits per heavy atom. The van der Waals surface area contributed by atoms with E-state index in [-0.39, 0.29) is 11.9 Å². The van der Waals surface area contributed by atoms with E-state index >= 15 is 0 Å². The van der Waals surface area contributed by atoms with Crippen LogP contribution in [-0.4, -0.2) is 25.0 Å². The molecule has 0 aromatic rings. The molecule has 0 amide bonds. The molecule has 2 N–H and O–H groups in total. The highest BCUT2D eigenvalue weighted by atomic mass is 16.7. The first-order chi connectivity index (χ1) is 5.35. The van der Waals surface area contributed by atoms with Gasteiger partial charge in [0.25, 0.3) is 0 Å². The third-order valence-corrected chi connectivity index (χ3v) is 2.54. The Kier molecular flexibility index (Phi) is 1.87. The van der Waals surface area contributed by atoms with Gasteiger partial charge in [-0.05, 0) is 12.8 Å². The van der Waals surface area contributed by atoms with Crippen molar-refractivity contribution in [1.82, 2.24) is 0 Å². The van der Waals surface area contributed by atoms with Crippen molar-refractivity contribution < 1.29 is 9.47 Å². The van der Waals surface area contributed by atoms with Crippen molar-refractivity contribution in [2.24, 2.45) is 5.73 Å². The molecule has 3 heteroatoms. The van der Waals surface area contributed by atoms with Crippen molar-refractivity contribution in [2.75, 3.05) is 13.2 Å². The lowest BCUT2D eigenvalue weighted by molar-refractivity contribution is -0.160. The molecule has 1 saturated carbocycles. The van der Waals surface area contributed by atoms with Crippen LogP contribution in [0.25, 0.3) is 0 Å². The van der Waals surface area contributed by atoms with E-state index in [0.717, 1.165) is 12.8 Å². The fraction of sp³-hybridized carbons (Fsp3) is 1.00. The van der Waals surface area contributed by atoms with Gasteiger partial charge in [-0.1, -0.05) is 0 Å². The SMILES string of the molecule is NC[C@@H]1COC2(CCCC2)O1. The zero-order chi connectivity index (χ0) is 7.73. The van der Waals surface area contributed by atoms with Crippen LogP contribution in [0.3, 0.4) is 0 Å². The molecule has 1 atom stereocenters. The Morgan fingerprint density at radius 2 is 2.09 bits per heavy atom. The predicted octanol–water partition coefficient (Wildman–Crippen LogP) is 0.631. The predicted molar refractivity (Wildman–Crippen MR) is 41.1 cm³/mol. The van der Waals surface area contributed by atoms with Gasteiger partial charge < -0.3 is 15.2 Å². The fourth-order valence-electron chi connectivity index (χ4n) is 1.91. The van der Waals surface area contributed by atoms with Gasteiger partial charge >= 0.3 is 0 Å². The molecule has 2 aliphatic rings. The summed E-state index contributed by atoms with van der Waals surface area (Å²) in [6, 6.07) is 0. The van der Waals surface area contributed by atoms with Gasteiger partial charge in [-0.15, -0.1) is 0 Å². The highest BCUT2D eigenvalue weighted by Gasteiger charge is 2.42. The van der Waals surface area contributed by atoms with E-state index in [2.05, 4.69) is 0 Å². The molecule has 0 unspecified atom stereocenters. The maximum absolute atomic E-state index is 5.71. The van der Waals surface area contributed by atoms with E-state index in [1.165, 1.54) is 12.8 Å². The summed E-state index contributed by atoms with van der Waals surface area (Å²) in [7, 11) is 0. The summed E-state index contributed by atoms with van der Waals surface area (Å²) >= 11 is 0. The summed E-state index contributed by atoms with van der Waals surface area (Å²) in [6.45, 7) is 1.28. The van der Waals surface area contributed by atoms with Gasteiger partial charge in [-0.2, -0.15) is 0 Å². The summed E-state index contributed by atoms with van der Waals surface area (Å²) < 4.78 is 11.3. The summed E-state index contributed by atoms with van der Waals surface area (Å²) in [5.41, 5.74) is 5.48. The molecule has 0 aromatic heterocycles. The van der Waals surface area contributed by atoms with E-state index in [1.807, 2.05) is 0 Å². The minimum absolute atomic E-state index is 0.146. The molecule has 0 radical (unpaired) electrons. The summed E-state index contributed by atoms with van der Waals surface area (Å²) in [5.74, 6) is -0.218. The van der Waals surface area contributed by atoms with Crippen LogP contribution in [0.15, 0.2) is 0 Å². The molecule has 64 valence electrons. The highest BCUT2D eigenvalue weighted by Crippen LogP contribution is 2.38. The molecular weight excluding hydrogens is 142 g/mol. The van der Waals surface area contributed by atoms with E-state index in [0.29, 0.717) is 13.2 Å². The van der Waals surface area contributed by atoms with Crippen LogP contribution in [0.4, 0.5) is 0 Å². The number of ether oxygens (including phenoxy) is 2. The fourth-order valence-corrected chi connectivity index (χ4v) is 1.91. The Hall–Kier alpha value is -0.120. The Morgan fingerprint density at radius 3 is 2.64 bits per heavy atom. The van der Waals surface area contributed by atoms with Gasteiger partial charge in [0.2, 0.25) is 0 Å². The molecule has 1 heterocycles. The molecule has 1 aliphatic heterocycles. The average Bonchev–Trinajstić information content (AvgIpc) is 2.62. The van der Waals surface area contributed by atoms with E-state index in [1.54, 1.807) is 0 Å². The molecule has 0 aromatic carbocycles. The second-order valence-electron chi connectivity index (χ2n) is 3.40. The lowest BCUT2D eigenvalue weighted by atomic mass is 10.2. The molecule has 11 heavy (non-hydrogen) atoms. The minimum atomic E-state index is -0.218. The first kappa shape index (κ1) is 7.53. The van der Waals surface area contributed by atoms with Crippen molar-refractivity contribution in [3.63, 3.8) is 0 Å². The van der Waals surface area contributed by atoms with Gasteiger partial charge in [0.15, 0.2) is 5.79 Å². The maximum Gasteiger partial charge on any atom is 0.168 e. The first-order valence-corrected chi connectivity index (χ1v) is 4.36. The highest BCUT2D eigenvalue weighted by molar-refractivity contribution is 4.83. The smallest absolute Gasteiger partial charge is 0.168 e. The van der Waals surface area contributed by atoms with Crippen LogP contribution in [-0.2, 0) is 9.47 Å². The topological polar surface area (TPSA) is 44.5 Å². The third kappa shape index (κ3) is 1.28. The van der Waals surface area contributed by atoms with E-state index in [9.17, 15) is 0 Å². The van der Waals surface area contributed by atoms with Crippen molar-refractivity contribution in [3.05, 3.63) is 0 Å². The Bertz CT molecular complexity index is 143. The second-order valence-corrected chi connectivity index (χ2v) is 3.40. The van der Waals surface area contributed by atoms with Crippen LogP contribution in [0.5, 0.6) is 0 Å². The van der Waals surface area contributed by atoms with Crippen molar-refractivity contribution in [1.29, 1.82) is 0 Å². The summed E-state index contributed by atoms with van der Waals surface area (Å²) in [4.78, 5) is 0. The van der Waals surface area contributed by atoms with Gasteiger partial charge in [-0.3, -0.25) is 0 Å². The van der Waals surface area contributed by atoms with E-state index < -0.39 is 0 Å². The largest absolute Gasteiger partial charge is 0.347 e. The van der Waals surface area contributed by atoms with Crippen molar-refractivity contribution in [3.8, 4) is 0 Å². The van der Waals surface area contributed by atoms with Gasteiger partial charge in [-0.25, -0.2) is 0 Å². The summed E-state index contributed by atoms with van der Waals surface area (Å²) in [6.07, 6.45) is 4.73. The van der Waals surface area contributed by atoms with Crippen LogP contribution >= 0.6 is 0 Å². The molecule has 1 aliphatic carbocycles. The third-order valence-electron chi connectivity index (χ3n) is 2.54. The average molecular weight is 157 g/mol. The molecule has 2 rings (SSSR count). The van der Waals surface area contributed by atoms with Crippen molar-refractivity contribution >= 4 is 0 Å². The summed E-state index contributed by atoms with van der Waals surface area (Å²) in [5, 5.41) is 0. The van der Waals surface area contributed by atoms with E-state index in [4.69, 9.17) is 15.2 Å². The molecular formula is C8H15NO2. The number of hydrogen-bond acceptors (Lipinski definition) is 3. The zero-order valence-electron chi connectivity index (χ0n) is 6.71. The normalized spacial score (nSPS) is 35.2. The zero-order valence-corrected chi connectivity index (χ0v) is 6.71. The lowest BCUT2D eigenvalue weighted by Crippen LogP contribution is -2.29. The molecule has 3 nitrogen and oxygen atoms in total. The molecule has 1 saturated heterocycles. The maximum atomic E-state index is 5.71. The van der Waals surface area contributed by atoms with Crippen LogP contribution in [0, 0.1) is 0 Å². The number of hydrogen-bond donors (Lipinski definition) is 1. The standard InChI is InChI=1S/C8H15NO2/c9-5-7-6-10-8(11-7)3-1-2-4-8/h7H,1-6,9H2/t7-/m1/s1. The lowest BCUT2D eigenvalue weighted by Gasteiger charge is -2.21. The molecule has 2 fully saturated rings. The first-order valence-electron chi connectivity index (χ1n) is 4.36. The Balaban J connectivity index is 1.96. The van der Waals surface area contributed by atoms with Gasteiger partial charge in [0.1, 0.15) is 0 Å². The van der Waals surface area contributed by atoms with Crippen LogP contribution in [0.2, 0.25) is 0 Å². The van der Waals surface area contributed by atoms with Crippen LogP contribution in [0.1, 0.15) is 25.7 Å². The molecule has 1 spiro atoms. The Labute approximate surface area is 66.8 Å². The second kappa shape index (κ2) is 2.73. The minimum Gasteiger partial charge on any atom is -0.347 e. The van der Waals surface area contributed by atoms with Gasteiger partial charge in [0, 0.05) is 19.4 Å². The quantitative estimate of drug-likeness (QED) is 0.607. The molecule has 0 bridgehead atoms. The van der Waals surface area contributed by atoms with Gasteiger partial charge in [0.05, 0.1) is 12.7 Å². The monoisotopic (exact) mass is 157 g/mol. The van der Waals surface area contributed by atoms with Crippen LogP contribution < -0.4 is 5.73 Å². The number of rotatable bonds is 1.